The first-order chi connectivity index (χ1) is 9.58. The highest BCUT2D eigenvalue weighted by Gasteiger charge is 2.14. The zero-order chi connectivity index (χ0) is 15.0. The predicted octanol–water partition coefficient (Wildman–Crippen LogP) is 1.90. The third-order valence-corrected chi connectivity index (χ3v) is 3.22. The Labute approximate surface area is 123 Å². The molecule has 0 bridgehead atoms. The lowest BCUT2D eigenvalue weighted by Crippen LogP contribution is -2.12. The van der Waals surface area contributed by atoms with Crippen LogP contribution in [0.4, 0.5) is 0 Å². The molecule has 0 aliphatic carbocycles. The number of allylic oxidation sites excluding steroid dienone is 1. The molecule has 0 aromatic carbocycles. The van der Waals surface area contributed by atoms with Gasteiger partial charge >= 0.3 is 5.97 Å². The molecule has 1 heterocycles. The largest absolute Gasteiger partial charge is 0.465 e. The summed E-state index contributed by atoms with van der Waals surface area (Å²) >= 11 is 1.30. The second-order valence-electron chi connectivity index (χ2n) is 4.60. The van der Waals surface area contributed by atoms with E-state index >= 15 is 0 Å². The van der Waals surface area contributed by atoms with Gasteiger partial charge in [0.15, 0.2) is 11.0 Å². The summed E-state index contributed by atoms with van der Waals surface area (Å²) in [5, 5.41) is 8.77. The van der Waals surface area contributed by atoms with Crippen LogP contribution >= 0.6 is 11.8 Å². The molecule has 0 aliphatic rings. The molecule has 112 valence electrons. The minimum atomic E-state index is -0.245. The maximum atomic E-state index is 11.6. The van der Waals surface area contributed by atoms with Gasteiger partial charge in [0, 0.05) is 13.7 Å². The molecule has 7 heteroatoms. The van der Waals surface area contributed by atoms with Gasteiger partial charge in [-0.15, -0.1) is 16.8 Å². The zero-order valence-electron chi connectivity index (χ0n) is 12.2. The van der Waals surface area contributed by atoms with E-state index in [-0.39, 0.29) is 11.7 Å². The Hall–Kier alpha value is -1.34. The standard InChI is InChI=1S/C13H21N3O3S/c1-5-6-16-11(8-18-4)14-15-13(16)20-9-12(17)19-7-10(2)3/h5,10H,1,6-9H2,2-4H3. The van der Waals surface area contributed by atoms with Gasteiger partial charge in [0.2, 0.25) is 0 Å². The van der Waals surface area contributed by atoms with E-state index in [1.54, 1.807) is 13.2 Å². The van der Waals surface area contributed by atoms with Crippen molar-refractivity contribution < 1.29 is 14.3 Å². The van der Waals surface area contributed by atoms with Gasteiger partial charge in [0.1, 0.15) is 6.61 Å². The molecule has 1 rings (SSSR count). The Morgan fingerprint density at radius 3 is 2.85 bits per heavy atom. The second kappa shape index (κ2) is 8.76. The van der Waals surface area contributed by atoms with Crippen molar-refractivity contribution in [3.63, 3.8) is 0 Å². The fourth-order valence-corrected chi connectivity index (χ4v) is 2.16. The summed E-state index contributed by atoms with van der Waals surface area (Å²) in [6, 6.07) is 0. The molecule has 0 aliphatic heterocycles. The number of carbonyl (C=O) groups is 1. The monoisotopic (exact) mass is 299 g/mol. The number of ether oxygens (including phenoxy) is 2. The Balaban J connectivity index is 2.58. The third kappa shape index (κ3) is 5.34. The SMILES string of the molecule is C=CCn1c(COC)nnc1SCC(=O)OCC(C)C. The topological polar surface area (TPSA) is 66.2 Å². The number of hydrogen-bond acceptors (Lipinski definition) is 6. The van der Waals surface area contributed by atoms with Gasteiger partial charge in [-0.25, -0.2) is 0 Å². The predicted molar refractivity (Wildman–Crippen MR) is 77.5 cm³/mol. The van der Waals surface area contributed by atoms with Crippen molar-refractivity contribution in [2.75, 3.05) is 19.5 Å². The minimum Gasteiger partial charge on any atom is -0.465 e. The summed E-state index contributed by atoms with van der Waals surface area (Å²) in [7, 11) is 1.60. The van der Waals surface area contributed by atoms with E-state index in [0.717, 1.165) is 0 Å². The van der Waals surface area contributed by atoms with Crippen molar-refractivity contribution >= 4 is 17.7 Å². The first kappa shape index (κ1) is 16.7. The Bertz CT molecular complexity index is 446. The Kier molecular flexibility index (Phi) is 7.32. The van der Waals surface area contributed by atoms with E-state index in [0.29, 0.717) is 36.7 Å². The van der Waals surface area contributed by atoms with Crippen LogP contribution in [0, 0.1) is 5.92 Å². The molecule has 0 radical (unpaired) electrons. The molecule has 6 nitrogen and oxygen atoms in total. The second-order valence-corrected chi connectivity index (χ2v) is 5.54. The molecule has 0 spiro atoms. The molecular formula is C13H21N3O3S. The Morgan fingerprint density at radius 1 is 1.50 bits per heavy atom. The average molecular weight is 299 g/mol. The number of esters is 1. The van der Waals surface area contributed by atoms with E-state index in [2.05, 4.69) is 16.8 Å². The molecular weight excluding hydrogens is 278 g/mol. The molecule has 20 heavy (non-hydrogen) atoms. The third-order valence-electron chi connectivity index (χ3n) is 2.28. The summed E-state index contributed by atoms with van der Waals surface area (Å²) in [5.74, 6) is 1.02. The smallest absolute Gasteiger partial charge is 0.316 e. The van der Waals surface area contributed by atoms with Crippen LogP contribution in [-0.2, 0) is 27.4 Å². The Morgan fingerprint density at radius 2 is 2.25 bits per heavy atom. The van der Waals surface area contributed by atoms with Crippen LogP contribution in [0.3, 0.4) is 0 Å². The number of hydrogen-bond donors (Lipinski definition) is 0. The first-order valence-corrected chi connectivity index (χ1v) is 7.37. The molecule has 0 fully saturated rings. The number of carbonyl (C=O) groups excluding carboxylic acids is 1. The lowest BCUT2D eigenvalue weighted by Gasteiger charge is -2.08. The highest BCUT2D eigenvalue weighted by atomic mass is 32.2. The van der Waals surface area contributed by atoms with E-state index in [1.807, 2.05) is 18.4 Å². The van der Waals surface area contributed by atoms with Gasteiger partial charge in [0.05, 0.1) is 12.4 Å². The first-order valence-electron chi connectivity index (χ1n) is 6.38. The molecule has 0 atom stereocenters. The van der Waals surface area contributed by atoms with Crippen molar-refractivity contribution in [1.29, 1.82) is 0 Å². The van der Waals surface area contributed by atoms with E-state index in [4.69, 9.17) is 9.47 Å². The quantitative estimate of drug-likeness (QED) is 0.394. The molecule has 0 N–H and O–H groups in total. The van der Waals surface area contributed by atoms with Gasteiger partial charge in [-0.3, -0.25) is 4.79 Å². The molecule has 0 saturated carbocycles. The molecule has 1 aromatic heterocycles. The van der Waals surface area contributed by atoms with Crippen molar-refractivity contribution in [1.82, 2.24) is 14.8 Å². The zero-order valence-corrected chi connectivity index (χ0v) is 13.0. The van der Waals surface area contributed by atoms with Gasteiger partial charge in [-0.1, -0.05) is 31.7 Å². The molecule has 0 unspecified atom stereocenters. The highest BCUT2D eigenvalue weighted by molar-refractivity contribution is 7.99. The van der Waals surface area contributed by atoms with Crippen LogP contribution in [0.25, 0.3) is 0 Å². The van der Waals surface area contributed by atoms with Crippen molar-refractivity contribution in [3.8, 4) is 0 Å². The number of rotatable bonds is 9. The van der Waals surface area contributed by atoms with Crippen LogP contribution in [-0.4, -0.2) is 40.2 Å². The van der Waals surface area contributed by atoms with Gasteiger partial charge < -0.3 is 14.0 Å². The van der Waals surface area contributed by atoms with Crippen molar-refractivity contribution in [2.45, 2.75) is 32.2 Å². The molecule has 0 saturated heterocycles. The van der Waals surface area contributed by atoms with Crippen LogP contribution in [0.1, 0.15) is 19.7 Å². The van der Waals surface area contributed by atoms with Crippen molar-refractivity contribution in [3.05, 3.63) is 18.5 Å². The summed E-state index contributed by atoms with van der Waals surface area (Å²) in [5.41, 5.74) is 0. The maximum absolute atomic E-state index is 11.6. The lowest BCUT2D eigenvalue weighted by molar-refractivity contribution is -0.141. The maximum Gasteiger partial charge on any atom is 0.316 e. The average Bonchev–Trinajstić information content (AvgIpc) is 2.78. The van der Waals surface area contributed by atoms with E-state index < -0.39 is 0 Å². The molecule has 0 amide bonds. The number of aromatic nitrogens is 3. The molecule has 1 aromatic rings. The number of methoxy groups -OCH3 is 1. The van der Waals surface area contributed by atoms with Gasteiger partial charge in [-0.2, -0.15) is 0 Å². The minimum absolute atomic E-state index is 0.217. The van der Waals surface area contributed by atoms with Gasteiger partial charge in [0.25, 0.3) is 0 Å². The summed E-state index contributed by atoms with van der Waals surface area (Å²) in [4.78, 5) is 11.6. The van der Waals surface area contributed by atoms with Crippen molar-refractivity contribution in [2.24, 2.45) is 5.92 Å². The summed E-state index contributed by atoms with van der Waals surface area (Å²) in [6.45, 7) is 9.09. The van der Waals surface area contributed by atoms with Gasteiger partial charge in [-0.05, 0) is 5.92 Å². The summed E-state index contributed by atoms with van der Waals surface area (Å²) in [6.07, 6.45) is 1.75. The lowest BCUT2D eigenvalue weighted by atomic mass is 10.2. The van der Waals surface area contributed by atoms with E-state index in [9.17, 15) is 4.79 Å². The van der Waals surface area contributed by atoms with E-state index in [1.165, 1.54) is 11.8 Å². The fourth-order valence-electron chi connectivity index (χ4n) is 1.40. The summed E-state index contributed by atoms with van der Waals surface area (Å²) < 4.78 is 12.0. The van der Waals surface area contributed by atoms with Crippen LogP contribution in [0.2, 0.25) is 0 Å². The number of thioether (sulfide) groups is 1. The highest BCUT2D eigenvalue weighted by Crippen LogP contribution is 2.18. The normalized spacial score (nSPS) is 10.8. The van der Waals surface area contributed by atoms with Crippen LogP contribution < -0.4 is 0 Å². The fraction of sp³-hybridized carbons (Fsp3) is 0.615. The van der Waals surface area contributed by atoms with Crippen LogP contribution in [0.5, 0.6) is 0 Å². The van der Waals surface area contributed by atoms with Crippen LogP contribution in [0.15, 0.2) is 17.8 Å². The number of nitrogens with zero attached hydrogens (tertiary/aromatic N) is 3.